The third kappa shape index (κ3) is 1.38. The van der Waals surface area contributed by atoms with E-state index in [0.29, 0.717) is 6.04 Å². The first-order chi connectivity index (χ1) is 9.36. The van der Waals surface area contributed by atoms with Crippen LogP contribution >= 0.6 is 0 Å². The average molecular weight is 256 g/mol. The Morgan fingerprint density at radius 3 is 3.11 bits per heavy atom. The van der Waals surface area contributed by atoms with Crippen molar-refractivity contribution in [2.24, 2.45) is 5.92 Å². The van der Waals surface area contributed by atoms with Crippen molar-refractivity contribution >= 4 is 11.0 Å². The summed E-state index contributed by atoms with van der Waals surface area (Å²) < 4.78 is 0. The number of benzene rings is 1. The fourth-order valence-electron chi connectivity index (χ4n) is 4.60. The summed E-state index contributed by atoms with van der Waals surface area (Å²) in [4.78, 5) is 0. The molecule has 1 aromatic heterocycles. The zero-order valence-electron chi connectivity index (χ0n) is 11.3. The smallest absolute Gasteiger partial charge is 0.116 e. The van der Waals surface area contributed by atoms with Gasteiger partial charge in [0.15, 0.2) is 0 Å². The summed E-state index contributed by atoms with van der Waals surface area (Å²) in [5, 5.41) is 15.2. The lowest BCUT2D eigenvalue weighted by molar-refractivity contribution is 0.211. The van der Waals surface area contributed by atoms with Gasteiger partial charge in [-0.2, -0.15) is 15.4 Å². The summed E-state index contributed by atoms with van der Waals surface area (Å²) in [6, 6.07) is 7.06. The minimum Gasteiger partial charge on any atom is -0.313 e. The van der Waals surface area contributed by atoms with Crippen LogP contribution in [0.5, 0.6) is 0 Å². The number of H-pyrrole nitrogens is 1. The molecule has 4 heteroatoms. The number of aromatic amines is 1. The fourth-order valence-corrected chi connectivity index (χ4v) is 4.60. The Hall–Kier alpha value is -1.42. The molecule has 4 nitrogen and oxygen atoms in total. The maximum atomic E-state index is 4.42. The van der Waals surface area contributed by atoms with Gasteiger partial charge in [0.2, 0.25) is 0 Å². The van der Waals surface area contributed by atoms with Gasteiger partial charge in [0, 0.05) is 11.5 Å². The summed E-state index contributed by atoms with van der Waals surface area (Å²) in [6.45, 7) is 3.49. The molecule has 3 unspecified atom stereocenters. The van der Waals surface area contributed by atoms with Crippen LogP contribution in [0.2, 0.25) is 0 Å². The van der Waals surface area contributed by atoms with E-state index in [0.717, 1.165) is 23.5 Å². The number of rotatable bonds is 2. The Labute approximate surface area is 113 Å². The van der Waals surface area contributed by atoms with Crippen molar-refractivity contribution in [1.29, 1.82) is 0 Å². The van der Waals surface area contributed by atoms with E-state index in [1.54, 1.807) is 0 Å². The molecule has 0 spiro atoms. The minimum absolute atomic E-state index is 0.259. The van der Waals surface area contributed by atoms with E-state index < -0.39 is 0 Å². The first-order valence-corrected chi connectivity index (χ1v) is 7.39. The maximum absolute atomic E-state index is 4.42. The van der Waals surface area contributed by atoms with Crippen LogP contribution in [0.1, 0.15) is 38.2 Å². The van der Waals surface area contributed by atoms with Gasteiger partial charge < -0.3 is 5.32 Å². The van der Waals surface area contributed by atoms with Gasteiger partial charge in [-0.15, -0.1) is 0 Å². The van der Waals surface area contributed by atoms with Crippen molar-refractivity contribution in [2.75, 3.05) is 6.54 Å². The van der Waals surface area contributed by atoms with Crippen LogP contribution < -0.4 is 5.32 Å². The Morgan fingerprint density at radius 2 is 2.26 bits per heavy atom. The first kappa shape index (κ1) is 11.4. The van der Waals surface area contributed by atoms with Gasteiger partial charge >= 0.3 is 0 Å². The normalized spacial score (nSPS) is 33.9. The van der Waals surface area contributed by atoms with Crippen LogP contribution in [0, 0.1) is 5.92 Å². The maximum Gasteiger partial charge on any atom is 0.116 e. The largest absolute Gasteiger partial charge is 0.313 e. The molecule has 0 radical (unpaired) electrons. The van der Waals surface area contributed by atoms with Gasteiger partial charge in [-0.3, -0.25) is 0 Å². The van der Waals surface area contributed by atoms with Crippen molar-refractivity contribution in [1.82, 2.24) is 20.7 Å². The van der Waals surface area contributed by atoms with E-state index in [9.17, 15) is 0 Å². The van der Waals surface area contributed by atoms with E-state index in [1.165, 1.54) is 31.2 Å². The third-order valence-corrected chi connectivity index (χ3v) is 5.44. The van der Waals surface area contributed by atoms with Crippen LogP contribution in [0.4, 0.5) is 0 Å². The topological polar surface area (TPSA) is 53.6 Å². The summed E-state index contributed by atoms with van der Waals surface area (Å²) in [6.07, 6.45) is 5.17. The van der Waals surface area contributed by atoms with Crippen LogP contribution in [0.3, 0.4) is 0 Å². The molecule has 1 saturated heterocycles. The SMILES string of the molecule is CCC1(c2cccc3n[nH]nc23)C2CCCC1NC2. The van der Waals surface area contributed by atoms with Crippen molar-refractivity contribution in [3.63, 3.8) is 0 Å². The fraction of sp³-hybridized carbons (Fsp3) is 0.600. The number of nitrogens with one attached hydrogen (secondary N) is 2. The minimum atomic E-state index is 0.259. The molecule has 0 amide bonds. The number of fused-ring (bicyclic) bond motifs is 3. The van der Waals surface area contributed by atoms with Gasteiger partial charge in [-0.25, -0.2) is 0 Å². The van der Waals surface area contributed by atoms with Gasteiger partial charge in [0.25, 0.3) is 0 Å². The summed E-state index contributed by atoms with van der Waals surface area (Å²) >= 11 is 0. The lowest BCUT2D eigenvalue weighted by Crippen LogP contribution is -2.45. The molecule has 2 heterocycles. The highest BCUT2D eigenvalue weighted by molar-refractivity contribution is 5.79. The molecule has 3 atom stereocenters. The molecule has 2 aliphatic rings. The van der Waals surface area contributed by atoms with Crippen LogP contribution in [-0.4, -0.2) is 28.0 Å². The van der Waals surface area contributed by atoms with Crippen molar-refractivity contribution < 1.29 is 0 Å². The molecule has 1 saturated carbocycles. The van der Waals surface area contributed by atoms with Gasteiger partial charge in [-0.05, 0) is 43.4 Å². The predicted molar refractivity (Wildman–Crippen MR) is 75.0 cm³/mol. The quantitative estimate of drug-likeness (QED) is 0.867. The highest BCUT2D eigenvalue weighted by atomic mass is 15.3. The van der Waals surface area contributed by atoms with Crippen molar-refractivity contribution in [3.05, 3.63) is 23.8 Å². The number of hydrogen-bond acceptors (Lipinski definition) is 3. The summed E-state index contributed by atoms with van der Waals surface area (Å²) in [7, 11) is 0. The lowest BCUT2D eigenvalue weighted by Gasteiger charge is -2.43. The molecule has 2 aromatic rings. The summed E-state index contributed by atoms with van der Waals surface area (Å²) in [5.41, 5.74) is 3.73. The monoisotopic (exact) mass is 256 g/mol. The molecule has 1 aliphatic carbocycles. The molecule has 2 fully saturated rings. The number of para-hydroxylation sites is 1. The molecule has 1 aliphatic heterocycles. The molecular formula is C15H20N4. The van der Waals surface area contributed by atoms with Gasteiger partial charge in [-0.1, -0.05) is 25.5 Å². The second kappa shape index (κ2) is 4.04. The first-order valence-electron chi connectivity index (χ1n) is 7.39. The standard InChI is InChI=1S/C15H20N4/c1-2-15(10-5-3-8-13(15)16-9-10)11-6-4-7-12-14(11)18-19-17-12/h4,6-7,10,13,16H,2-3,5,8-9H2,1H3,(H,17,18,19). The molecule has 100 valence electrons. The van der Waals surface area contributed by atoms with Crippen molar-refractivity contribution in [2.45, 2.75) is 44.1 Å². The number of hydrogen-bond donors (Lipinski definition) is 2. The third-order valence-electron chi connectivity index (χ3n) is 5.44. The van der Waals surface area contributed by atoms with Crippen LogP contribution in [0.25, 0.3) is 11.0 Å². The highest BCUT2D eigenvalue weighted by Crippen LogP contribution is 2.50. The van der Waals surface area contributed by atoms with E-state index >= 15 is 0 Å². The average Bonchev–Trinajstić information content (AvgIpc) is 2.98. The molecule has 1 aromatic carbocycles. The van der Waals surface area contributed by atoms with Gasteiger partial charge in [0.05, 0.1) is 0 Å². The Bertz CT molecular complexity index is 587. The zero-order valence-corrected chi connectivity index (χ0v) is 11.3. The highest BCUT2D eigenvalue weighted by Gasteiger charge is 2.52. The Morgan fingerprint density at radius 1 is 1.32 bits per heavy atom. The van der Waals surface area contributed by atoms with Crippen LogP contribution in [-0.2, 0) is 5.41 Å². The Kier molecular flexibility index (Phi) is 2.42. The lowest BCUT2D eigenvalue weighted by atomic mass is 9.61. The zero-order chi connectivity index (χ0) is 12.9. The van der Waals surface area contributed by atoms with Gasteiger partial charge in [0.1, 0.15) is 11.0 Å². The van der Waals surface area contributed by atoms with E-state index in [-0.39, 0.29) is 5.41 Å². The Balaban J connectivity index is 1.95. The molecule has 4 rings (SSSR count). The van der Waals surface area contributed by atoms with Crippen molar-refractivity contribution in [3.8, 4) is 0 Å². The van der Waals surface area contributed by atoms with E-state index in [4.69, 9.17) is 0 Å². The molecule has 2 bridgehead atoms. The van der Waals surface area contributed by atoms with Crippen LogP contribution in [0.15, 0.2) is 18.2 Å². The second-order valence-corrected chi connectivity index (χ2v) is 5.98. The van der Waals surface area contributed by atoms with E-state index in [1.807, 2.05) is 6.07 Å². The van der Waals surface area contributed by atoms with E-state index in [2.05, 4.69) is 39.8 Å². The molecule has 2 N–H and O–H groups in total. The predicted octanol–water partition coefficient (Wildman–Crippen LogP) is 2.38. The number of nitrogens with zero attached hydrogens (tertiary/aromatic N) is 2. The summed E-state index contributed by atoms with van der Waals surface area (Å²) in [5.74, 6) is 0.749. The second-order valence-electron chi connectivity index (χ2n) is 5.98. The molecular weight excluding hydrogens is 236 g/mol. The molecule has 19 heavy (non-hydrogen) atoms. The number of aromatic nitrogens is 3.